The lowest BCUT2D eigenvalue weighted by molar-refractivity contribution is 0.386. The number of benzene rings is 1. The smallest absolute Gasteiger partial charge is 0.00177 e. The molecule has 0 heterocycles. The molecule has 1 N–H and O–H groups in total. The first kappa shape index (κ1) is 12.6. The van der Waals surface area contributed by atoms with Crippen LogP contribution in [0.3, 0.4) is 0 Å². The zero-order valence-electron chi connectivity index (χ0n) is 11.2. The van der Waals surface area contributed by atoms with Crippen LogP contribution in [0.15, 0.2) is 24.3 Å². The van der Waals surface area contributed by atoms with Crippen molar-refractivity contribution in [3.63, 3.8) is 0 Å². The van der Waals surface area contributed by atoms with Crippen LogP contribution in [0.25, 0.3) is 0 Å². The maximum atomic E-state index is 3.38. The first-order valence-corrected chi connectivity index (χ1v) is 7.02. The van der Waals surface area contributed by atoms with Crippen molar-refractivity contribution in [2.24, 2.45) is 5.92 Å². The van der Waals surface area contributed by atoms with Crippen LogP contribution in [0, 0.1) is 12.8 Å². The number of hydrogen-bond donors (Lipinski definition) is 1. The Morgan fingerprint density at radius 1 is 1.18 bits per heavy atom. The third kappa shape index (κ3) is 3.32. The predicted molar refractivity (Wildman–Crippen MR) is 74.4 cm³/mol. The second kappa shape index (κ2) is 6.20. The molecule has 1 fully saturated rings. The summed E-state index contributed by atoms with van der Waals surface area (Å²) < 4.78 is 0. The summed E-state index contributed by atoms with van der Waals surface area (Å²) in [7, 11) is 2.08. The monoisotopic (exact) mass is 231 g/mol. The molecule has 2 unspecified atom stereocenters. The van der Waals surface area contributed by atoms with E-state index in [1.54, 1.807) is 5.56 Å². The van der Waals surface area contributed by atoms with Crippen LogP contribution in [0.5, 0.6) is 0 Å². The van der Waals surface area contributed by atoms with E-state index in [4.69, 9.17) is 0 Å². The van der Waals surface area contributed by atoms with Crippen molar-refractivity contribution < 1.29 is 0 Å². The van der Waals surface area contributed by atoms with Gasteiger partial charge in [-0.1, -0.05) is 49.1 Å². The predicted octanol–water partition coefficient (Wildman–Crippen LogP) is 3.88. The van der Waals surface area contributed by atoms with E-state index in [-0.39, 0.29) is 0 Å². The van der Waals surface area contributed by atoms with Crippen LogP contribution in [0.4, 0.5) is 0 Å². The fourth-order valence-electron chi connectivity index (χ4n) is 3.23. The Labute approximate surface area is 106 Å². The van der Waals surface area contributed by atoms with Gasteiger partial charge in [-0.2, -0.15) is 0 Å². The highest BCUT2D eigenvalue weighted by atomic mass is 14.8. The lowest BCUT2D eigenvalue weighted by Gasteiger charge is -2.25. The molecule has 0 aromatic heterocycles. The molecule has 1 aromatic carbocycles. The van der Waals surface area contributed by atoms with Crippen LogP contribution in [-0.4, -0.2) is 13.6 Å². The van der Waals surface area contributed by atoms with Gasteiger partial charge in [0.25, 0.3) is 0 Å². The van der Waals surface area contributed by atoms with E-state index in [0.29, 0.717) is 0 Å². The lowest BCUT2D eigenvalue weighted by atomic mass is 9.82. The summed E-state index contributed by atoms with van der Waals surface area (Å²) in [5, 5.41) is 3.38. The van der Waals surface area contributed by atoms with Crippen molar-refractivity contribution in [2.45, 2.75) is 44.9 Å². The fraction of sp³-hybridized carbons (Fsp3) is 0.625. The van der Waals surface area contributed by atoms with Crippen LogP contribution >= 0.6 is 0 Å². The third-order valence-electron chi connectivity index (χ3n) is 4.10. The van der Waals surface area contributed by atoms with Gasteiger partial charge in [-0.05, 0) is 50.8 Å². The number of hydrogen-bond acceptors (Lipinski definition) is 1. The summed E-state index contributed by atoms with van der Waals surface area (Å²) in [4.78, 5) is 0. The van der Waals surface area contributed by atoms with E-state index < -0.39 is 0 Å². The van der Waals surface area contributed by atoms with Gasteiger partial charge in [-0.3, -0.25) is 0 Å². The molecule has 1 saturated carbocycles. The molecule has 94 valence electrons. The average molecular weight is 231 g/mol. The Morgan fingerprint density at radius 3 is 2.76 bits per heavy atom. The molecule has 0 radical (unpaired) electrons. The summed E-state index contributed by atoms with van der Waals surface area (Å²) in [6.45, 7) is 3.37. The normalized spacial score (nSPS) is 25.5. The highest BCUT2D eigenvalue weighted by molar-refractivity contribution is 5.26. The van der Waals surface area contributed by atoms with Gasteiger partial charge in [0.1, 0.15) is 0 Å². The molecule has 2 atom stereocenters. The molecule has 1 aromatic rings. The fourth-order valence-corrected chi connectivity index (χ4v) is 3.23. The molecular weight excluding hydrogens is 206 g/mol. The highest BCUT2D eigenvalue weighted by Gasteiger charge is 2.24. The van der Waals surface area contributed by atoms with Crippen molar-refractivity contribution >= 4 is 0 Å². The van der Waals surface area contributed by atoms with Crippen molar-refractivity contribution in [2.75, 3.05) is 13.6 Å². The van der Waals surface area contributed by atoms with Gasteiger partial charge in [0.2, 0.25) is 0 Å². The summed E-state index contributed by atoms with van der Waals surface area (Å²) >= 11 is 0. The van der Waals surface area contributed by atoms with E-state index >= 15 is 0 Å². The SMILES string of the molecule is CNCC1CCCCCC1c1cccc(C)c1. The Morgan fingerprint density at radius 2 is 2.00 bits per heavy atom. The van der Waals surface area contributed by atoms with Gasteiger partial charge in [-0.15, -0.1) is 0 Å². The van der Waals surface area contributed by atoms with Crippen LogP contribution in [0.1, 0.15) is 49.1 Å². The lowest BCUT2D eigenvalue weighted by Crippen LogP contribution is -2.24. The molecule has 1 aliphatic rings. The summed E-state index contributed by atoms with van der Waals surface area (Å²) in [5.74, 6) is 1.59. The average Bonchev–Trinajstić information content (AvgIpc) is 2.55. The van der Waals surface area contributed by atoms with E-state index in [9.17, 15) is 0 Å². The molecule has 17 heavy (non-hydrogen) atoms. The van der Waals surface area contributed by atoms with Gasteiger partial charge < -0.3 is 5.32 Å². The van der Waals surface area contributed by atoms with E-state index in [1.165, 1.54) is 44.2 Å². The molecule has 0 saturated heterocycles. The zero-order valence-corrected chi connectivity index (χ0v) is 11.2. The van der Waals surface area contributed by atoms with Gasteiger partial charge in [-0.25, -0.2) is 0 Å². The Hall–Kier alpha value is -0.820. The summed E-state index contributed by atoms with van der Waals surface area (Å²) in [5.41, 5.74) is 2.96. The molecule has 0 spiro atoms. The summed E-state index contributed by atoms with van der Waals surface area (Å²) in [6, 6.07) is 9.13. The van der Waals surface area contributed by atoms with Crippen LogP contribution < -0.4 is 5.32 Å². The molecular formula is C16H25N. The Bertz CT molecular complexity index is 345. The maximum Gasteiger partial charge on any atom is -0.00177 e. The highest BCUT2D eigenvalue weighted by Crippen LogP contribution is 2.36. The molecule has 1 heteroatoms. The maximum absolute atomic E-state index is 3.38. The molecule has 1 aliphatic carbocycles. The minimum atomic E-state index is 0.768. The van der Waals surface area contributed by atoms with Gasteiger partial charge in [0, 0.05) is 0 Å². The number of nitrogens with one attached hydrogen (secondary N) is 1. The summed E-state index contributed by atoms with van der Waals surface area (Å²) in [6.07, 6.45) is 6.99. The molecule has 0 aliphatic heterocycles. The Kier molecular flexibility index (Phi) is 4.61. The van der Waals surface area contributed by atoms with Crippen molar-refractivity contribution in [3.05, 3.63) is 35.4 Å². The van der Waals surface area contributed by atoms with E-state index in [2.05, 4.69) is 43.6 Å². The van der Waals surface area contributed by atoms with Crippen LogP contribution in [0.2, 0.25) is 0 Å². The number of rotatable bonds is 3. The molecule has 0 amide bonds. The van der Waals surface area contributed by atoms with Crippen molar-refractivity contribution in [3.8, 4) is 0 Å². The minimum absolute atomic E-state index is 0.768. The third-order valence-corrected chi connectivity index (χ3v) is 4.10. The quantitative estimate of drug-likeness (QED) is 0.778. The first-order valence-electron chi connectivity index (χ1n) is 7.02. The molecule has 2 rings (SSSR count). The van der Waals surface area contributed by atoms with Crippen molar-refractivity contribution in [1.29, 1.82) is 0 Å². The molecule has 1 nitrogen and oxygen atoms in total. The number of aryl methyl sites for hydroxylation is 1. The van der Waals surface area contributed by atoms with Crippen molar-refractivity contribution in [1.82, 2.24) is 5.32 Å². The second-order valence-electron chi connectivity index (χ2n) is 5.48. The minimum Gasteiger partial charge on any atom is -0.319 e. The van der Waals surface area contributed by atoms with Gasteiger partial charge >= 0.3 is 0 Å². The van der Waals surface area contributed by atoms with E-state index in [1.807, 2.05) is 0 Å². The Balaban J connectivity index is 2.19. The molecule has 0 bridgehead atoms. The largest absolute Gasteiger partial charge is 0.319 e. The van der Waals surface area contributed by atoms with Gasteiger partial charge in [0.05, 0.1) is 0 Å². The van der Waals surface area contributed by atoms with Crippen LogP contribution in [-0.2, 0) is 0 Å². The zero-order chi connectivity index (χ0) is 12.1. The topological polar surface area (TPSA) is 12.0 Å². The van der Waals surface area contributed by atoms with E-state index in [0.717, 1.165) is 11.8 Å². The first-order chi connectivity index (χ1) is 8.31. The standard InChI is InChI=1S/C16H25N/c1-13-7-6-9-14(11-13)16-10-5-3-4-8-15(16)12-17-2/h6-7,9,11,15-17H,3-5,8,10,12H2,1-2H3. The second-order valence-corrected chi connectivity index (χ2v) is 5.48. The van der Waals surface area contributed by atoms with Gasteiger partial charge in [0.15, 0.2) is 0 Å².